The highest BCUT2D eigenvalue weighted by atomic mass is 15.3. The highest BCUT2D eigenvalue weighted by Crippen LogP contribution is 2.19. The van der Waals surface area contributed by atoms with E-state index in [1.54, 1.807) is 0 Å². The first-order chi connectivity index (χ1) is 13.8. The highest BCUT2D eigenvalue weighted by Gasteiger charge is 2.18. The number of pyridine rings is 1. The van der Waals surface area contributed by atoms with E-state index in [1.807, 2.05) is 24.5 Å². The summed E-state index contributed by atoms with van der Waals surface area (Å²) in [4.78, 5) is 18.2. The Bertz CT molecular complexity index is 890. The van der Waals surface area contributed by atoms with Crippen molar-refractivity contribution in [2.75, 3.05) is 49.5 Å². The van der Waals surface area contributed by atoms with Crippen LogP contribution in [-0.4, -0.2) is 59.1 Å². The largest absolute Gasteiger partial charge is 0.370 e. The first-order valence-corrected chi connectivity index (χ1v) is 10.1. The molecule has 0 amide bonds. The van der Waals surface area contributed by atoms with Crippen molar-refractivity contribution in [1.82, 2.24) is 19.9 Å². The predicted octanol–water partition coefficient (Wildman–Crippen LogP) is 3.35. The van der Waals surface area contributed by atoms with Crippen LogP contribution in [0.25, 0.3) is 10.9 Å². The topological polar surface area (TPSA) is 57.2 Å². The van der Waals surface area contributed by atoms with Gasteiger partial charge in [-0.25, -0.2) is 15.0 Å². The number of unbranched alkanes of at least 4 members (excludes halogenated alkanes) is 1. The maximum Gasteiger partial charge on any atom is 0.225 e. The zero-order valence-electron chi connectivity index (χ0n) is 16.5. The van der Waals surface area contributed by atoms with Crippen molar-refractivity contribution >= 4 is 22.7 Å². The van der Waals surface area contributed by atoms with Crippen LogP contribution in [-0.2, 0) is 0 Å². The molecule has 1 fully saturated rings. The van der Waals surface area contributed by atoms with Crippen molar-refractivity contribution in [2.24, 2.45) is 0 Å². The van der Waals surface area contributed by atoms with Gasteiger partial charge in [0.05, 0.1) is 5.52 Å². The molecule has 6 heteroatoms. The maximum absolute atomic E-state index is 4.72. The number of para-hydroxylation sites is 1. The molecule has 0 saturated carbocycles. The van der Waals surface area contributed by atoms with E-state index in [9.17, 15) is 0 Å². The van der Waals surface area contributed by atoms with Crippen LogP contribution >= 0.6 is 0 Å². The lowest BCUT2D eigenvalue weighted by Crippen LogP contribution is -2.47. The number of anilines is 2. The lowest BCUT2D eigenvalue weighted by atomic mass is 10.1. The minimum absolute atomic E-state index is 0.851. The minimum atomic E-state index is 0.851. The zero-order chi connectivity index (χ0) is 19.2. The second kappa shape index (κ2) is 8.97. The Hall–Kier alpha value is -2.73. The van der Waals surface area contributed by atoms with E-state index in [2.05, 4.69) is 56.3 Å². The number of aryl methyl sites for hydroxylation is 1. The van der Waals surface area contributed by atoms with Gasteiger partial charge in [0, 0.05) is 50.5 Å². The summed E-state index contributed by atoms with van der Waals surface area (Å²) in [7, 11) is 0. The van der Waals surface area contributed by atoms with Gasteiger partial charge in [-0.2, -0.15) is 0 Å². The van der Waals surface area contributed by atoms with Gasteiger partial charge in [-0.15, -0.1) is 0 Å². The number of rotatable bonds is 7. The second-order valence-electron chi connectivity index (χ2n) is 7.35. The van der Waals surface area contributed by atoms with Crippen LogP contribution in [0.2, 0.25) is 0 Å². The van der Waals surface area contributed by atoms with Crippen LogP contribution in [0.15, 0.2) is 48.8 Å². The SMILES string of the molecule is Cc1cc(NCCCCN2CCN(c3ncccn3)CC2)nc2ccccc12. The molecule has 0 unspecified atom stereocenters. The van der Waals surface area contributed by atoms with E-state index in [-0.39, 0.29) is 0 Å². The fourth-order valence-corrected chi connectivity index (χ4v) is 3.74. The van der Waals surface area contributed by atoms with Crippen LogP contribution in [0.5, 0.6) is 0 Å². The summed E-state index contributed by atoms with van der Waals surface area (Å²) in [6, 6.07) is 12.3. The fourth-order valence-electron chi connectivity index (χ4n) is 3.74. The van der Waals surface area contributed by atoms with Gasteiger partial charge in [0.2, 0.25) is 5.95 Å². The molecule has 28 heavy (non-hydrogen) atoms. The summed E-state index contributed by atoms with van der Waals surface area (Å²) in [5.74, 6) is 1.83. The predicted molar refractivity (Wildman–Crippen MR) is 115 cm³/mol. The van der Waals surface area contributed by atoms with E-state index in [0.717, 1.165) is 63.0 Å². The van der Waals surface area contributed by atoms with Gasteiger partial charge in [0.15, 0.2) is 0 Å². The van der Waals surface area contributed by atoms with Crippen LogP contribution in [0.3, 0.4) is 0 Å². The molecule has 2 aromatic heterocycles. The van der Waals surface area contributed by atoms with Crippen LogP contribution in [0.4, 0.5) is 11.8 Å². The summed E-state index contributed by atoms with van der Waals surface area (Å²) in [6.45, 7) is 8.42. The quantitative estimate of drug-likeness (QED) is 0.638. The smallest absolute Gasteiger partial charge is 0.225 e. The number of nitrogens with one attached hydrogen (secondary N) is 1. The molecule has 0 bridgehead atoms. The molecule has 1 saturated heterocycles. The van der Waals surface area contributed by atoms with Gasteiger partial charge in [0.25, 0.3) is 0 Å². The molecule has 1 aliphatic rings. The van der Waals surface area contributed by atoms with E-state index in [1.165, 1.54) is 17.4 Å². The zero-order valence-corrected chi connectivity index (χ0v) is 16.5. The van der Waals surface area contributed by atoms with Gasteiger partial charge < -0.3 is 10.2 Å². The normalized spacial score (nSPS) is 15.1. The van der Waals surface area contributed by atoms with Crippen molar-refractivity contribution in [2.45, 2.75) is 19.8 Å². The summed E-state index contributed by atoms with van der Waals surface area (Å²) < 4.78 is 0. The third-order valence-electron chi connectivity index (χ3n) is 5.34. The van der Waals surface area contributed by atoms with Crippen molar-refractivity contribution in [3.05, 3.63) is 54.4 Å². The number of fused-ring (bicyclic) bond motifs is 1. The molecule has 146 valence electrons. The highest BCUT2D eigenvalue weighted by molar-refractivity contribution is 5.83. The first-order valence-electron chi connectivity index (χ1n) is 10.1. The monoisotopic (exact) mass is 376 g/mol. The molecule has 3 heterocycles. The van der Waals surface area contributed by atoms with Crippen LogP contribution in [0, 0.1) is 6.92 Å². The second-order valence-corrected chi connectivity index (χ2v) is 7.35. The van der Waals surface area contributed by atoms with Crippen LogP contribution in [0.1, 0.15) is 18.4 Å². The summed E-state index contributed by atoms with van der Waals surface area (Å²) in [6.07, 6.45) is 5.97. The molecule has 0 spiro atoms. The summed E-state index contributed by atoms with van der Waals surface area (Å²) in [5.41, 5.74) is 2.33. The average Bonchev–Trinajstić information content (AvgIpc) is 2.75. The number of nitrogens with zero attached hydrogens (tertiary/aromatic N) is 5. The van der Waals surface area contributed by atoms with E-state index in [0.29, 0.717) is 0 Å². The van der Waals surface area contributed by atoms with Crippen LogP contribution < -0.4 is 10.2 Å². The molecule has 1 N–H and O–H groups in total. The Balaban J connectivity index is 1.17. The molecule has 0 atom stereocenters. The molecule has 4 rings (SSSR count). The molecule has 3 aromatic rings. The Morgan fingerprint density at radius 3 is 2.57 bits per heavy atom. The Labute approximate surface area is 166 Å². The average molecular weight is 377 g/mol. The number of hydrogen-bond donors (Lipinski definition) is 1. The minimum Gasteiger partial charge on any atom is -0.370 e. The van der Waals surface area contributed by atoms with E-state index in [4.69, 9.17) is 4.98 Å². The lowest BCUT2D eigenvalue weighted by molar-refractivity contribution is 0.252. The number of benzene rings is 1. The molecular weight excluding hydrogens is 348 g/mol. The molecule has 1 aromatic carbocycles. The standard InChI is InChI=1S/C22H28N6/c1-18-17-21(26-20-8-3-2-7-19(18)20)23-9-4-5-12-27-13-15-28(16-14-27)22-24-10-6-11-25-22/h2-3,6-8,10-11,17H,4-5,9,12-16H2,1H3,(H,23,26). The molecular formula is C22H28N6. The number of hydrogen-bond acceptors (Lipinski definition) is 6. The summed E-state index contributed by atoms with van der Waals surface area (Å²) >= 11 is 0. The third kappa shape index (κ3) is 4.57. The Morgan fingerprint density at radius 1 is 0.964 bits per heavy atom. The van der Waals surface area contributed by atoms with E-state index >= 15 is 0 Å². The number of piperazine rings is 1. The van der Waals surface area contributed by atoms with Gasteiger partial charge in [-0.05, 0) is 50.1 Å². The maximum atomic E-state index is 4.72. The Kier molecular flexibility index (Phi) is 5.97. The van der Waals surface area contributed by atoms with Crippen molar-refractivity contribution in [3.8, 4) is 0 Å². The fraction of sp³-hybridized carbons (Fsp3) is 0.409. The molecule has 1 aliphatic heterocycles. The van der Waals surface area contributed by atoms with Gasteiger partial charge in [-0.3, -0.25) is 4.90 Å². The third-order valence-corrected chi connectivity index (χ3v) is 5.34. The van der Waals surface area contributed by atoms with Gasteiger partial charge in [-0.1, -0.05) is 18.2 Å². The van der Waals surface area contributed by atoms with Crippen molar-refractivity contribution < 1.29 is 0 Å². The molecule has 0 aliphatic carbocycles. The molecule has 6 nitrogen and oxygen atoms in total. The van der Waals surface area contributed by atoms with Crippen molar-refractivity contribution in [1.29, 1.82) is 0 Å². The number of aromatic nitrogens is 3. The molecule has 0 radical (unpaired) electrons. The van der Waals surface area contributed by atoms with E-state index < -0.39 is 0 Å². The van der Waals surface area contributed by atoms with Crippen molar-refractivity contribution in [3.63, 3.8) is 0 Å². The van der Waals surface area contributed by atoms with Gasteiger partial charge in [0.1, 0.15) is 5.82 Å². The lowest BCUT2D eigenvalue weighted by Gasteiger charge is -2.34. The first kappa shape index (κ1) is 18.6. The Morgan fingerprint density at radius 2 is 1.75 bits per heavy atom. The summed E-state index contributed by atoms with van der Waals surface area (Å²) in [5, 5.41) is 4.72. The van der Waals surface area contributed by atoms with Gasteiger partial charge >= 0.3 is 0 Å².